The summed E-state index contributed by atoms with van der Waals surface area (Å²) in [7, 11) is 0. The molecule has 0 aliphatic carbocycles. The first-order valence-corrected chi connectivity index (χ1v) is 5.05. The molecule has 0 aliphatic rings. The minimum absolute atomic E-state index is 1.24. The molecule has 0 saturated carbocycles. The van der Waals surface area contributed by atoms with Crippen LogP contribution in [0.3, 0.4) is 0 Å². The van der Waals surface area contributed by atoms with E-state index < -0.39 is 0 Å². The van der Waals surface area contributed by atoms with Crippen LogP contribution < -0.4 is 0 Å². The Morgan fingerprint density at radius 1 is 0.500 bits per heavy atom. The molecular weight excluding hydrogens is 168 g/mol. The smallest absolute Gasteiger partial charge is 0.0191 e. The molecule has 0 saturated heterocycles. The van der Waals surface area contributed by atoms with E-state index in [0.29, 0.717) is 0 Å². The minimum Gasteiger partial charge on any atom is -0.0870 e. The van der Waals surface area contributed by atoms with Crippen LogP contribution in [-0.4, -0.2) is 0 Å². The third-order valence-corrected chi connectivity index (χ3v) is 1.72. The Morgan fingerprint density at radius 3 is 0.857 bits per heavy atom. The quantitative estimate of drug-likeness (QED) is 0.566. The van der Waals surface area contributed by atoms with Gasteiger partial charge in [0, 0.05) is 0 Å². The van der Waals surface area contributed by atoms with Gasteiger partial charge in [-0.15, -0.1) is 0 Å². The number of allylic oxidation sites excluding steroid dienone is 10. The first kappa shape index (κ1) is 12.7. The van der Waals surface area contributed by atoms with Crippen LogP contribution in [0.15, 0.2) is 59.8 Å². The van der Waals surface area contributed by atoms with Crippen LogP contribution in [0.25, 0.3) is 0 Å². The highest BCUT2D eigenvalue weighted by atomic mass is 14.0. The van der Waals surface area contributed by atoms with Gasteiger partial charge in [-0.25, -0.2) is 0 Å². The lowest BCUT2D eigenvalue weighted by molar-refractivity contribution is 1.50. The second-order valence-electron chi connectivity index (χ2n) is 2.91. The fourth-order valence-electron chi connectivity index (χ4n) is 1.21. The Bertz CT molecular complexity index is 225. The summed E-state index contributed by atoms with van der Waals surface area (Å²) in [5.41, 5.74) is 2.48. The highest BCUT2D eigenvalue weighted by Gasteiger charge is 1.92. The van der Waals surface area contributed by atoms with Gasteiger partial charge in [-0.3, -0.25) is 0 Å². The van der Waals surface area contributed by atoms with E-state index in [2.05, 4.69) is 48.6 Å². The van der Waals surface area contributed by atoms with Crippen molar-refractivity contribution in [2.45, 2.75) is 27.7 Å². The van der Waals surface area contributed by atoms with E-state index >= 15 is 0 Å². The Kier molecular flexibility index (Phi) is 7.53. The topological polar surface area (TPSA) is 0 Å². The molecule has 0 nitrogen and oxygen atoms in total. The lowest BCUT2D eigenvalue weighted by Gasteiger charge is -1.99. The van der Waals surface area contributed by atoms with Gasteiger partial charge in [-0.2, -0.15) is 0 Å². The molecule has 0 heterocycles. The van der Waals surface area contributed by atoms with E-state index in [-0.39, 0.29) is 0 Å². The van der Waals surface area contributed by atoms with Crippen molar-refractivity contribution in [2.75, 3.05) is 0 Å². The molecule has 0 N–H and O–H groups in total. The van der Waals surface area contributed by atoms with Gasteiger partial charge < -0.3 is 0 Å². The van der Waals surface area contributed by atoms with Gasteiger partial charge in [0.15, 0.2) is 0 Å². The molecule has 0 amide bonds. The van der Waals surface area contributed by atoms with Crippen molar-refractivity contribution in [3.63, 3.8) is 0 Å². The monoisotopic (exact) mass is 188 g/mol. The van der Waals surface area contributed by atoms with Crippen molar-refractivity contribution in [3.05, 3.63) is 59.8 Å². The molecule has 0 aliphatic heterocycles. The summed E-state index contributed by atoms with van der Waals surface area (Å²) in [6, 6.07) is 0. The van der Waals surface area contributed by atoms with Crippen molar-refractivity contribution < 1.29 is 0 Å². The normalized spacial score (nSPS) is 12.6. The molecule has 0 aromatic heterocycles. The first-order valence-electron chi connectivity index (χ1n) is 5.05. The highest BCUT2D eigenvalue weighted by molar-refractivity contribution is 5.46. The summed E-state index contributed by atoms with van der Waals surface area (Å²) in [6.07, 6.45) is 16.7. The molecule has 0 radical (unpaired) electrons. The third kappa shape index (κ3) is 4.66. The molecule has 0 aromatic carbocycles. The van der Waals surface area contributed by atoms with E-state index in [9.17, 15) is 0 Å². The maximum Gasteiger partial charge on any atom is -0.0191 e. The van der Waals surface area contributed by atoms with Crippen molar-refractivity contribution in [1.29, 1.82) is 0 Å². The lowest BCUT2D eigenvalue weighted by atomic mass is 10.1. The Labute approximate surface area is 88.0 Å². The molecule has 0 unspecified atom stereocenters. The van der Waals surface area contributed by atoms with Gasteiger partial charge in [-0.1, -0.05) is 48.6 Å². The van der Waals surface area contributed by atoms with Crippen LogP contribution >= 0.6 is 0 Å². The third-order valence-electron chi connectivity index (χ3n) is 1.72. The van der Waals surface area contributed by atoms with E-state index in [1.165, 1.54) is 11.1 Å². The van der Waals surface area contributed by atoms with E-state index in [4.69, 9.17) is 0 Å². The second-order valence-corrected chi connectivity index (χ2v) is 2.91. The van der Waals surface area contributed by atoms with Gasteiger partial charge in [-0.05, 0) is 38.8 Å². The number of hydrogen-bond donors (Lipinski definition) is 0. The van der Waals surface area contributed by atoms with Gasteiger partial charge in [0.1, 0.15) is 0 Å². The average molecular weight is 188 g/mol. The average Bonchev–Trinajstić information content (AvgIpc) is 2.17. The Hall–Kier alpha value is -1.30. The molecule has 0 heteroatoms. The fraction of sp³-hybridized carbons (Fsp3) is 0.286. The zero-order valence-corrected chi connectivity index (χ0v) is 9.62. The lowest BCUT2D eigenvalue weighted by Crippen LogP contribution is -1.80. The summed E-state index contributed by atoms with van der Waals surface area (Å²) in [6.45, 7) is 8.14. The SMILES string of the molecule is C/C=C\C(/C=C\C)=C(/C=C\C)/C=C\C. The van der Waals surface area contributed by atoms with Crippen LogP contribution in [-0.2, 0) is 0 Å². The molecule has 0 fully saturated rings. The molecule has 0 rings (SSSR count). The molecular formula is C14H20. The second kappa shape index (κ2) is 8.31. The van der Waals surface area contributed by atoms with Gasteiger partial charge in [0.2, 0.25) is 0 Å². The minimum atomic E-state index is 1.24. The summed E-state index contributed by atoms with van der Waals surface area (Å²) in [5, 5.41) is 0. The van der Waals surface area contributed by atoms with Crippen molar-refractivity contribution in [1.82, 2.24) is 0 Å². The molecule has 14 heavy (non-hydrogen) atoms. The van der Waals surface area contributed by atoms with Crippen LogP contribution in [0.1, 0.15) is 27.7 Å². The van der Waals surface area contributed by atoms with Crippen LogP contribution in [0.5, 0.6) is 0 Å². The van der Waals surface area contributed by atoms with Gasteiger partial charge >= 0.3 is 0 Å². The van der Waals surface area contributed by atoms with Crippen LogP contribution in [0.2, 0.25) is 0 Å². The van der Waals surface area contributed by atoms with Gasteiger partial charge in [0.25, 0.3) is 0 Å². The molecule has 0 bridgehead atoms. The summed E-state index contributed by atoms with van der Waals surface area (Å²) < 4.78 is 0. The molecule has 76 valence electrons. The van der Waals surface area contributed by atoms with E-state index in [1.807, 2.05) is 27.7 Å². The zero-order valence-electron chi connectivity index (χ0n) is 9.62. The predicted octanol–water partition coefficient (Wildman–Crippen LogP) is 4.59. The molecule has 0 aromatic rings. The summed E-state index contributed by atoms with van der Waals surface area (Å²) in [4.78, 5) is 0. The standard InChI is InChI=1S/C14H20/c1-5-9-13(10-6-2)14(11-7-3)12-8-4/h5-12H,1-4H3/b9-5-,10-6-,11-7-,12-8-. The zero-order chi connectivity index (χ0) is 10.8. The van der Waals surface area contributed by atoms with E-state index in [0.717, 1.165) is 0 Å². The fourth-order valence-corrected chi connectivity index (χ4v) is 1.21. The maximum atomic E-state index is 2.12. The van der Waals surface area contributed by atoms with Crippen molar-refractivity contribution in [2.24, 2.45) is 0 Å². The summed E-state index contributed by atoms with van der Waals surface area (Å²) in [5.74, 6) is 0. The maximum absolute atomic E-state index is 2.12. The van der Waals surface area contributed by atoms with Crippen molar-refractivity contribution >= 4 is 0 Å². The van der Waals surface area contributed by atoms with Crippen molar-refractivity contribution in [3.8, 4) is 0 Å². The van der Waals surface area contributed by atoms with Crippen LogP contribution in [0, 0.1) is 0 Å². The largest absolute Gasteiger partial charge is 0.0870 e. The highest BCUT2D eigenvalue weighted by Crippen LogP contribution is 2.11. The Morgan fingerprint density at radius 2 is 0.714 bits per heavy atom. The molecule has 0 spiro atoms. The summed E-state index contributed by atoms with van der Waals surface area (Å²) >= 11 is 0. The van der Waals surface area contributed by atoms with Gasteiger partial charge in [0.05, 0.1) is 0 Å². The number of hydrogen-bond acceptors (Lipinski definition) is 0. The van der Waals surface area contributed by atoms with Crippen LogP contribution in [0.4, 0.5) is 0 Å². The van der Waals surface area contributed by atoms with E-state index in [1.54, 1.807) is 0 Å². The Balaban J connectivity index is 5.23. The number of rotatable bonds is 4. The first-order chi connectivity index (χ1) is 6.79. The predicted molar refractivity (Wildman–Crippen MR) is 66.3 cm³/mol. The molecule has 0 atom stereocenters.